The van der Waals surface area contributed by atoms with Gasteiger partial charge in [0.1, 0.15) is 0 Å². The summed E-state index contributed by atoms with van der Waals surface area (Å²) in [5.41, 5.74) is 10.1. The maximum Gasteiger partial charge on any atom is 0.163 e. The number of Topliss-reactive ketones (excluding diaryl/α,β-unsaturated/α-hetero) is 2. The lowest BCUT2D eigenvalue weighted by atomic mass is 9.88. The van der Waals surface area contributed by atoms with Crippen molar-refractivity contribution < 1.29 is 9.59 Å². The second-order valence-corrected chi connectivity index (χ2v) is 5.87. The van der Waals surface area contributed by atoms with E-state index in [1.807, 2.05) is 43.3 Å². The fraction of sp³-hybridized carbons (Fsp3) is 0.263. The average Bonchev–Trinajstić information content (AvgIpc) is 2.53. The van der Waals surface area contributed by atoms with Gasteiger partial charge in [-0.1, -0.05) is 36.4 Å². The minimum absolute atomic E-state index is 0.0132. The number of rotatable bonds is 2. The highest BCUT2D eigenvalue weighted by Gasteiger charge is 2.19. The van der Waals surface area contributed by atoms with Crippen molar-refractivity contribution in [2.45, 2.75) is 32.2 Å². The molecule has 3 heteroatoms. The van der Waals surface area contributed by atoms with E-state index >= 15 is 0 Å². The summed E-state index contributed by atoms with van der Waals surface area (Å²) >= 11 is 0. The summed E-state index contributed by atoms with van der Waals surface area (Å²) in [6, 6.07) is 13.4. The lowest BCUT2D eigenvalue weighted by molar-refractivity contribution is 0.0950. The Kier molecular flexibility index (Phi) is 3.90. The molecular formula is C19H19NO2. The molecule has 22 heavy (non-hydrogen) atoms. The molecule has 1 unspecified atom stereocenters. The SMILES string of the molecule is CC(N)c1ccc(-c2ccc3cc2C(=O)CCCC3=O)cc1. The third-order valence-electron chi connectivity index (χ3n) is 4.20. The number of fused-ring (bicyclic) bond motifs is 2. The van der Waals surface area contributed by atoms with E-state index in [2.05, 4.69) is 0 Å². The molecule has 3 rings (SSSR count). The molecule has 1 atom stereocenters. The van der Waals surface area contributed by atoms with Crippen molar-refractivity contribution in [3.63, 3.8) is 0 Å². The van der Waals surface area contributed by atoms with Crippen LogP contribution in [0.5, 0.6) is 0 Å². The zero-order chi connectivity index (χ0) is 15.7. The zero-order valence-electron chi connectivity index (χ0n) is 12.6. The zero-order valence-corrected chi connectivity index (χ0v) is 12.6. The van der Waals surface area contributed by atoms with Crippen molar-refractivity contribution in [2.24, 2.45) is 5.73 Å². The fourth-order valence-corrected chi connectivity index (χ4v) is 2.85. The quantitative estimate of drug-likeness (QED) is 0.912. The summed E-state index contributed by atoms with van der Waals surface area (Å²) in [6.07, 6.45) is 1.51. The topological polar surface area (TPSA) is 60.2 Å². The summed E-state index contributed by atoms with van der Waals surface area (Å²) in [4.78, 5) is 24.4. The molecule has 1 aliphatic rings. The number of hydrogen-bond donors (Lipinski definition) is 1. The molecule has 112 valence electrons. The van der Waals surface area contributed by atoms with Crippen molar-refractivity contribution in [1.82, 2.24) is 0 Å². The Morgan fingerprint density at radius 1 is 0.864 bits per heavy atom. The highest BCUT2D eigenvalue weighted by molar-refractivity contribution is 6.07. The molecule has 0 saturated heterocycles. The number of ketones is 2. The van der Waals surface area contributed by atoms with Crippen LogP contribution in [0.1, 0.15) is 58.5 Å². The van der Waals surface area contributed by atoms with Gasteiger partial charge in [-0.25, -0.2) is 0 Å². The van der Waals surface area contributed by atoms with Gasteiger partial charge in [0.05, 0.1) is 0 Å². The molecule has 0 saturated carbocycles. The first-order valence-corrected chi connectivity index (χ1v) is 7.62. The van der Waals surface area contributed by atoms with Crippen molar-refractivity contribution in [2.75, 3.05) is 0 Å². The van der Waals surface area contributed by atoms with Gasteiger partial charge in [0.2, 0.25) is 0 Å². The predicted octanol–water partition coefficient (Wildman–Crippen LogP) is 3.92. The van der Waals surface area contributed by atoms with Crippen molar-refractivity contribution in [1.29, 1.82) is 0 Å². The lowest BCUT2D eigenvalue weighted by Gasteiger charge is -2.14. The lowest BCUT2D eigenvalue weighted by Crippen LogP contribution is -2.10. The van der Waals surface area contributed by atoms with Gasteiger partial charge in [-0.3, -0.25) is 9.59 Å². The first-order chi connectivity index (χ1) is 10.6. The Morgan fingerprint density at radius 3 is 2.18 bits per heavy atom. The summed E-state index contributed by atoms with van der Waals surface area (Å²) in [5, 5.41) is 0. The van der Waals surface area contributed by atoms with Gasteiger partial charge in [0.15, 0.2) is 11.6 Å². The molecule has 0 radical (unpaired) electrons. The third kappa shape index (κ3) is 2.72. The van der Waals surface area contributed by atoms with E-state index in [0.29, 0.717) is 30.4 Å². The predicted molar refractivity (Wildman–Crippen MR) is 87.0 cm³/mol. The summed E-state index contributed by atoms with van der Waals surface area (Å²) < 4.78 is 0. The third-order valence-corrected chi connectivity index (χ3v) is 4.20. The molecule has 2 bridgehead atoms. The van der Waals surface area contributed by atoms with Gasteiger partial charge < -0.3 is 5.73 Å². The van der Waals surface area contributed by atoms with Gasteiger partial charge >= 0.3 is 0 Å². The smallest absolute Gasteiger partial charge is 0.163 e. The van der Waals surface area contributed by atoms with Crippen LogP contribution in [0.15, 0.2) is 42.5 Å². The van der Waals surface area contributed by atoms with E-state index in [0.717, 1.165) is 16.7 Å². The molecule has 0 amide bonds. The second-order valence-electron chi connectivity index (χ2n) is 5.87. The van der Waals surface area contributed by atoms with Crippen LogP contribution >= 0.6 is 0 Å². The highest BCUT2D eigenvalue weighted by atomic mass is 16.1. The number of carbonyl (C=O) groups is 2. The second kappa shape index (κ2) is 5.85. The molecule has 0 heterocycles. The normalized spacial score (nSPS) is 16.1. The molecule has 0 aliphatic heterocycles. The number of nitrogens with two attached hydrogens (primary N) is 1. The molecule has 0 fully saturated rings. The molecule has 0 spiro atoms. The fourth-order valence-electron chi connectivity index (χ4n) is 2.85. The number of carbonyl (C=O) groups excluding carboxylic acids is 2. The maximum atomic E-state index is 12.4. The van der Waals surface area contributed by atoms with Gasteiger partial charge in [0.25, 0.3) is 0 Å². The Labute approximate surface area is 130 Å². The van der Waals surface area contributed by atoms with Crippen LogP contribution in [0, 0.1) is 0 Å². The molecular weight excluding hydrogens is 274 g/mol. The van der Waals surface area contributed by atoms with Crippen LogP contribution in [0.25, 0.3) is 11.1 Å². The van der Waals surface area contributed by atoms with E-state index in [1.165, 1.54) is 0 Å². The summed E-state index contributed by atoms with van der Waals surface area (Å²) in [6.45, 7) is 1.94. The van der Waals surface area contributed by atoms with Gasteiger partial charge in [-0.15, -0.1) is 0 Å². The van der Waals surface area contributed by atoms with E-state index in [9.17, 15) is 9.59 Å². The van der Waals surface area contributed by atoms with Crippen LogP contribution in [-0.2, 0) is 0 Å². The Bertz CT molecular complexity index is 730. The van der Waals surface area contributed by atoms with E-state index in [1.54, 1.807) is 6.07 Å². The molecule has 0 aromatic heterocycles. The highest BCUT2D eigenvalue weighted by Crippen LogP contribution is 2.29. The van der Waals surface area contributed by atoms with E-state index in [4.69, 9.17) is 5.73 Å². The minimum atomic E-state index is -0.0132. The monoisotopic (exact) mass is 293 g/mol. The van der Waals surface area contributed by atoms with Crippen molar-refractivity contribution >= 4 is 11.6 Å². The van der Waals surface area contributed by atoms with E-state index in [-0.39, 0.29) is 17.6 Å². The van der Waals surface area contributed by atoms with Crippen LogP contribution < -0.4 is 5.73 Å². The summed E-state index contributed by atoms with van der Waals surface area (Å²) in [5.74, 6) is 0.230. The Balaban J connectivity index is 2.08. The van der Waals surface area contributed by atoms with E-state index < -0.39 is 0 Å². The van der Waals surface area contributed by atoms with Crippen molar-refractivity contribution in [3.8, 4) is 11.1 Å². The van der Waals surface area contributed by atoms with Gasteiger partial charge in [0, 0.05) is 30.0 Å². The van der Waals surface area contributed by atoms with Gasteiger partial charge in [-0.2, -0.15) is 0 Å². The minimum Gasteiger partial charge on any atom is -0.324 e. The number of hydrogen-bond acceptors (Lipinski definition) is 3. The Morgan fingerprint density at radius 2 is 1.50 bits per heavy atom. The summed E-state index contributed by atoms with van der Waals surface area (Å²) in [7, 11) is 0. The largest absolute Gasteiger partial charge is 0.324 e. The van der Waals surface area contributed by atoms with Crippen molar-refractivity contribution in [3.05, 3.63) is 59.2 Å². The average molecular weight is 293 g/mol. The first-order valence-electron chi connectivity index (χ1n) is 7.62. The standard InChI is InChI=1S/C19H19NO2/c1-12(20)13-5-7-14(8-6-13)16-10-9-15-11-17(16)19(22)4-2-3-18(15)21/h5-12H,2-4,20H2,1H3. The van der Waals surface area contributed by atoms with Gasteiger partial charge in [-0.05, 0) is 36.1 Å². The molecule has 3 nitrogen and oxygen atoms in total. The Hall–Kier alpha value is -2.26. The van der Waals surface area contributed by atoms with Crippen LogP contribution in [0.3, 0.4) is 0 Å². The molecule has 2 N–H and O–H groups in total. The molecule has 2 aromatic rings. The van der Waals surface area contributed by atoms with Crippen LogP contribution in [-0.4, -0.2) is 11.6 Å². The van der Waals surface area contributed by atoms with Crippen LogP contribution in [0.2, 0.25) is 0 Å². The van der Waals surface area contributed by atoms with Crippen LogP contribution in [0.4, 0.5) is 0 Å². The first kappa shape index (κ1) is 14.7. The molecule has 1 aliphatic carbocycles. The molecule has 2 aromatic carbocycles. The maximum absolute atomic E-state index is 12.4. The number of benzene rings is 2.